The molecule has 0 atom stereocenters. The molecule has 3 aromatic carbocycles. The third-order valence-electron chi connectivity index (χ3n) is 5.36. The summed E-state index contributed by atoms with van der Waals surface area (Å²) in [6.45, 7) is 2.41. The molecule has 170 valence electrons. The summed E-state index contributed by atoms with van der Waals surface area (Å²) in [5.41, 5.74) is 2.14. The first-order chi connectivity index (χ1) is 16.0. The van der Waals surface area contributed by atoms with E-state index >= 15 is 0 Å². The largest absolute Gasteiger partial charge is 0.482 e. The van der Waals surface area contributed by atoms with Crippen LogP contribution in [0, 0.1) is 0 Å². The zero-order chi connectivity index (χ0) is 23.2. The summed E-state index contributed by atoms with van der Waals surface area (Å²) in [4.78, 5) is 28.9. The second-order valence-corrected chi connectivity index (χ2v) is 8.39. The monoisotopic (exact) mass is 483 g/mol. The van der Waals surface area contributed by atoms with Gasteiger partial charge in [0.2, 0.25) is 0 Å². The summed E-state index contributed by atoms with van der Waals surface area (Å²) in [5.74, 6) is 0.178. The molecule has 1 heterocycles. The summed E-state index contributed by atoms with van der Waals surface area (Å²) in [7, 11) is 0. The number of para-hydroxylation sites is 1. The smallest absolute Gasteiger partial charge is 0.262 e. The van der Waals surface area contributed by atoms with Crippen molar-refractivity contribution in [3.8, 4) is 5.75 Å². The fourth-order valence-corrected chi connectivity index (χ4v) is 4.15. The van der Waals surface area contributed by atoms with Crippen LogP contribution in [0.4, 0.5) is 11.4 Å². The van der Waals surface area contributed by atoms with E-state index in [2.05, 4.69) is 10.2 Å². The predicted octanol–water partition coefficient (Wildman–Crippen LogP) is 4.97. The Morgan fingerprint density at radius 1 is 0.848 bits per heavy atom. The molecular weight excluding hydrogens is 461 g/mol. The van der Waals surface area contributed by atoms with Crippen molar-refractivity contribution in [3.63, 3.8) is 0 Å². The van der Waals surface area contributed by atoms with E-state index in [1.807, 2.05) is 41.3 Å². The molecule has 1 aliphatic heterocycles. The molecule has 0 aromatic heterocycles. The Morgan fingerprint density at radius 2 is 1.55 bits per heavy atom. The molecule has 33 heavy (non-hydrogen) atoms. The summed E-state index contributed by atoms with van der Waals surface area (Å²) in [5, 5.41) is 3.76. The van der Waals surface area contributed by atoms with Crippen molar-refractivity contribution in [1.82, 2.24) is 4.90 Å². The number of hydrogen-bond donors (Lipinski definition) is 1. The molecule has 0 radical (unpaired) electrons. The molecule has 1 fully saturated rings. The zero-order valence-electron chi connectivity index (χ0n) is 17.8. The molecule has 6 nitrogen and oxygen atoms in total. The van der Waals surface area contributed by atoms with Crippen LogP contribution in [0.3, 0.4) is 0 Å². The van der Waals surface area contributed by atoms with Gasteiger partial charge in [0.15, 0.2) is 6.61 Å². The Labute approximate surface area is 202 Å². The summed E-state index contributed by atoms with van der Waals surface area (Å²) < 4.78 is 5.46. The SMILES string of the molecule is O=C(COc1ccccc1Cl)Nc1ccc(N2CCN(C(=O)c3ccccc3)CC2)c(Cl)c1. The van der Waals surface area contributed by atoms with Gasteiger partial charge >= 0.3 is 0 Å². The second-order valence-electron chi connectivity index (χ2n) is 7.58. The van der Waals surface area contributed by atoms with E-state index in [0.717, 1.165) is 5.69 Å². The van der Waals surface area contributed by atoms with Crippen LogP contribution in [-0.4, -0.2) is 49.5 Å². The molecule has 1 N–H and O–H groups in total. The maximum absolute atomic E-state index is 12.6. The fourth-order valence-electron chi connectivity index (χ4n) is 3.66. The Hall–Kier alpha value is -3.22. The minimum Gasteiger partial charge on any atom is -0.482 e. The van der Waals surface area contributed by atoms with Crippen molar-refractivity contribution >= 4 is 46.4 Å². The lowest BCUT2D eigenvalue weighted by atomic mass is 10.1. The van der Waals surface area contributed by atoms with Crippen molar-refractivity contribution in [2.24, 2.45) is 0 Å². The van der Waals surface area contributed by atoms with Gasteiger partial charge in [0, 0.05) is 37.4 Å². The molecule has 8 heteroatoms. The van der Waals surface area contributed by atoms with E-state index in [1.165, 1.54) is 0 Å². The standard InChI is InChI=1S/C25H23Cl2N3O3/c26-20-8-4-5-9-23(20)33-17-24(31)28-19-10-11-22(21(27)16-19)29-12-14-30(15-13-29)25(32)18-6-2-1-3-7-18/h1-11,16H,12-15,17H2,(H,28,31). The van der Waals surface area contributed by atoms with Gasteiger partial charge in [0.25, 0.3) is 11.8 Å². The van der Waals surface area contributed by atoms with Gasteiger partial charge in [-0.15, -0.1) is 0 Å². The van der Waals surface area contributed by atoms with Crippen LogP contribution < -0.4 is 15.0 Å². The highest BCUT2D eigenvalue weighted by Crippen LogP contribution is 2.30. The number of rotatable bonds is 6. The van der Waals surface area contributed by atoms with E-state index in [0.29, 0.717) is 53.2 Å². The molecule has 0 aliphatic carbocycles. The van der Waals surface area contributed by atoms with Crippen LogP contribution in [0.25, 0.3) is 0 Å². The van der Waals surface area contributed by atoms with E-state index in [9.17, 15) is 9.59 Å². The lowest BCUT2D eigenvalue weighted by Crippen LogP contribution is -2.48. The number of nitrogens with one attached hydrogen (secondary N) is 1. The van der Waals surface area contributed by atoms with Crippen LogP contribution in [0.15, 0.2) is 72.8 Å². The molecule has 1 aliphatic rings. The maximum Gasteiger partial charge on any atom is 0.262 e. The minimum absolute atomic E-state index is 0.0402. The normalized spacial score (nSPS) is 13.5. The van der Waals surface area contributed by atoms with Crippen LogP contribution in [-0.2, 0) is 4.79 Å². The summed E-state index contributed by atoms with van der Waals surface area (Å²) >= 11 is 12.5. The summed E-state index contributed by atoms with van der Waals surface area (Å²) in [6.07, 6.45) is 0. The number of carbonyl (C=O) groups is 2. The van der Waals surface area contributed by atoms with Crippen molar-refractivity contribution in [1.29, 1.82) is 0 Å². The number of hydrogen-bond acceptors (Lipinski definition) is 4. The van der Waals surface area contributed by atoms with E-state index in [1.54, 1.807) is 36.4 Å². The van der Waals surface area contributed by atoms with E-state index in [-0.39, 0.29) is 18.4 Å². The summed E-state index contributed by atoms with van der Waals surface area (Å²) in [6, 6.07) is 21.7. The Kier molecular flexibility index (Phi) is 7.37. The van der Waals surface area contributed by atoms with Crippen molar-refractivity contribution in [2.75, 3.05) is 43.0 Å². The molecule has 1 saturated heterocycles. The number of benzene rings is 3. The van der Waals surface area contributed by atoms with Crippen molar-refractivity contribution in [3.05, 3.63) is 88.4 Å². The van der Waals surface area contributed by atoms with Gasteiger partial charge in [-0.2, -0.15) is 0 Å². The first kappa shape index (κ1) is 23.0. The first-order valence-electron chi connectivity index (χ1n) is 10.6. The average molecular weight is 484 g/mol. The molecule has 2 amide bonds. The Balaban J connectivity index is 1.31. The minimum atomic E-state index is -0.313. The maximum atomic E-state index is 12.6. The van der Waals surface area contributed by atoms with Gasteiger partial charge in [-0.3, -0.25) is 9.59 Å². The highest BCUT2D eigenvalue weighted by atomic mass is 35.5. The van der Waals surface area contributed by atoms with E-state index < -0.39 is 0 Å². The third-order valence-corrected chi connectivity index (χ3v) is 5.97. The third kappa shape index (κ3) is 5.78. The predicted molar refractivity (Wildman–Crippen MR) is 132 cm³/mol. The second kappa shape index (κ2) is 10.6. The van der Waals surface area contributed by atoms with Crippen LogP contribution in [0.2, 0.25) is 10.0 Å². The van der Waals surface area contributed by atoms with Gasteiger partial charge in [-0.25, -0.2) is 0 Å². The highest BCUT2D eigenvalue weighted by molar-refractivity contribution is 6.33. The Bertz CT molecular complexity index is 1130. The zero-order valence-corrected chi connectivity index (χ0v) is 19.4. The Morgan fingerprint density at radius 3 is 2.24 bits per heavy atom. The highest BCUT2D eigenvalue weighted by Gasteiger charge is 2.23. The van der Waals surface area contributed by atoms with Crippen LogP contribution in [0.1, 0.15) is 10.4 Å². The number of piperazine rings is 1. The lowest BCUT2D eigenvalue weighted by molar-refractivity contribution is -0.118. The molecule has 4 rings (SSSR count). The number of anilines is 2. The number of ether oxygens (including phenoxy) is 1. The molecule has 0 unspecified atom stereocenters. The van der Waals surface area contributed by atoms with Crippen molar-refractivity contribution < 1.29 is 14.3 Å². The van der Waals surface area contributed by atoms with Gasteiger partial charge in [-0.05, 0) is 42.5 Å². The number of halogens is 2. The number of carbonyl (C=O) groups excluding carboxylic acids is 2. The van der Waals surface area contributed by atoms with Gasteiger partial charge in [0.1, 0.15) is 5.75 Å². The van der Waals surface area contributed by atoms with Crippen LogP contribution >= 0.6 is 23.2 Å². The van der Waals surface area contributed by atoms with Gasteiger partial charge in [0.05, 0.1) is 15.7 Å². The first-order valence-corrected chi connectivity index (χ1v) is 11.3. The molecule has 3 aromatic rings. The quantitative estimate of drug-likeness (QED) is 0.537. The molecule has 0 bridgehead atoms. The number of amides is 2. The average Bonchev–Trinajstić information content (AvgIpc) is 2.84. The molecular formula is C25H23Cl2N3O3. The molecule has 0 saturated carbocycles. The van der Waals surface area contributed by atoms with Gasteiger partial charge < -0.3 is 19.9 Å². The van der Waals surface area contributed by atoms with Crippen LogP contribution in [0.5, 0.6) is 5.75 Å². The molecule has 0 spiro atoms. The topological polar surface area (TPSA) is 61.9 Å². The van der Waals surface area contributed by atoms with Gasteiger partial charge in [-0.1, -0.05) is 53.5 Å². The number of nitrogens with zero attached hydrogens (tertiary/aromatic N) is 2. The fraction of sp³-hybridized carbons (Fsp3) is 0.200. The van der Waals surface area contributed by atoms with Crippen molar-refractivity contribution in [2.45, 2.75) is 0 Å². The lowest BCUT2D eigenvalue weighted by Gasteiger charge is -2.36. The van der Waals surface area contributed by atoms with E-state index in [4.69, 9.17) is 27.9 Å².